The molecule has 1 rings (SSSR count). The van der Waals surface area contributed by atoms with E-state index in [2.05, 4.69) is 11.9 Å². The Hall–Kier alpha value is -1.44. The fraction of sp³-hybridized carbons (Fsp3) is 0.692. The van der Waals surface area contributed by atoms with Gasteiger partial charge in [0.05, 0.1) is 19.3 Å². The van der Waals surface area contributed by atoms with Crippen LogP contribution in [0.15, 0.2) is 12.7 Å². The van der Waals surface area contributed by atoms with Crippen LogP contribution in [0.3, 0.4) is 0 Å². The molecule has 114 valence electrons. The van der Waals surface area contributed by atoms with Gasteiger partial charge >= 0.3 is 11.9 Å². The van der Waals surface area contributed by atoms with Crippen LogP contribution in [0.5, 0.6) is 0 Å². The van der Waals surface area contributed by atoms with E-state index in [1.54, 1.807) is 14.0 Å². The maximum Gasteiger partial charge on any atom is 0.338 e. The summed E-state index contributed by atoms with van der Waals surface area (Å²) in [5.41, 5.74) is 0. The molecule has 0 unspecified atom stereocenters. The second-order valence-electron chi connectivity index (χ2n) is 4.15. The maximum absolute atomic E-state index is 11.8. The van der Waals surface area contributed by atoms with Crippen LogP contribution in [0.4, 0.5) is 0 Å². The predicted molar refractivity (Wildman–Crippen MR) is 70.1 cm³/mol. The SMILES string of the molecule is C=CCOC(=O)[C@@H]1OC[C@H](NC)[C@H]1OCC(=O)OCC. The van der Waals surface area contributed by atoms with E-state index in [1.165, 1.54) is 6.08 Å². The van der Waals surface area contributed by atoms with Crippen LogP contribution in [0, 0.1) is 0 Å². The van der Waals surface area contributed by atoms with Gasteiger partial charge in [-0.2, -0.15) is 0 Å². The van der Waals surface area contributed by atoms with Crippen molar-refractivity contribution in [2.75, 3.05) is 33.5 Å². The number of rotatable bonds is 8. The molecule has 0 spiro atoms. The molecule has 0 radical (unpaired) electrons. The van der Waals surface area contributed by atoms with Crippen LogP contribution >= 0.6 is 0 Å². The van der Waals surface area contributed by atoms with Crippen LogP contribution in [0.1, 0.15) is 6.92 Å². The Labute approximate surface area is 118 Å². The molecule has 20 heavy (non-hydrogen) atoms. The predicted octanol–water partition coefficient (Wildman–Crippen LogP) is -0.349. The molecule has 0 aromatic heterocycles. The lowest BCUT2D eigenvalue weighted by Crippen LogP contribution is -2.45. The molecule has 0 aromatic carbocycles. The second kappa shape index (κ2) is 8.68. The molecule has 0 aromatic rings. The molecule has 1 aliphatic rings. The van der Waals surface area contributed by atoms with Crippen molar-refractivity contribution in [3.63, 3.8) is 0 Å². The lowest BCUT2D eigenvalue weighted by atomic mass is 10.1. The van der Waals surface area contributed by atoms with Crippen LogP contribution < -0.4 is 5.32 Å². The van der Waals surface area contributed by atoms with E-state index in [1.807, 2.05) is 0 Å². The molecule has 3 atom stereocenters. The lowest BCUT2D eigenvalue weighted by Gasteiger charge is -2.21. The van der Waals surface area contributed by atoms with Crippen molar-refractivity contribution in [3.8, 4) is 0 Å². The van der Waals surface area contributed by atoms with E-state index in [-0.39, 0.29) is 25.9 Å². The van der Waals surface area contributed by atoms with Crippen molar-refractivity contribution in [2.24, 2.45) is 0 Å². The highest BCUT2D eigenvalue weighted by Crippen LogP contribution is 2.19. The van der Waals surface area contributed by atoms with Gasteiger partial charge in [-0.05, 0) is 14.0 Å². The Morgan fingerprint density at radius 3 is 2.80 bits per heavy atom. The first-order chi connectivity index (χ1) is 9.63. The zero-order chi connectivity index (χ0) is 15.0. The Morgan fingerprint density at radius 1 is 1.45 bits per heavy atom. The summed E-state index contributed by atoms with van der Waals surface area (Å²) < 4.78 is 20.5. The van der Waals surface area contributed by atoms with Crippen molar-refractivity contribution >= 4 is 11.9 Å². The summed E-state index contributed by atoms with van der Waals surface area (Å²) in [6.07, 6.45) is 0.0141. The molecule has 0 aliphatic carbocycles. The van der Waals surface area contributed by atoms with Gasteiger partial charge in [0.2, 0.25) is 0 Å². The van der Waals surface area contributed by atoms with E-state index in [0.29, 0.717) is 6.61 Å². The molecule has 1 saturated heterocycles. The molecule has 7 heteroatoms. The molecule has 0 bridgehead atoms. The molecular weight excluding hydrogens is 266 g/mol. The first kappa shape index (κ1) is 16.6. The van der Waals surface area contributed by atoms with E-state index in [4.69, 9.17) is 18.9 Å². The minimum absolute atomic E-state index is 0.105. The Balaban J connectivity index is 2.57. The summed E-state index contributed by atoms with van der Waals surface area (Å²) in [6.45, 7) is 5.64. The quantitative estimate of drug-likeness (QED) is 0.482. The summed E-state index contributed by atoms with van der Waals surface area (Å²) >= 11 is 0. The zero-order valence-electron chi connectivity index (χ0n) is 11.8. The number of likely N-dealkylation sites (N-methyl/N-ethyl adjacent to an activating group) is 1. The fourth-order valence-electron chi connectivity index (χ4n) is 1.85. The number of carbonyl (C=O) groups excluding carboxylic acids is 2. The average Bonchev–Trinajstić information content (AvgIpc) is 2.85. The highest BCUT2D eigenvalue weighted by Gasteiger charge is 2.43. The molecule has 1 N–H and O–H groups in total. The van der Waals surface area contributed by atoms with Crippen LogP contribution in [-0.4, -0.2) is 63.7 Å². The van der Waals surface area contributed by atoms with Crippen molar-refractivity contribution in [3.05, 3.63) is 12.7 Å². The average molecular weight is 287 g/mol. The zero-order valence-corrected chi connectivity index (χ0v) is 11.8. The highest BCUT2D eigenvalue weighted by molar-refractivity contribution is 5.76. The summed E-state index contributed by atoms with van der Waals surface area (Å²) in [5, 5.41) is 2.98. The minimum atomic E-state index is -0.859. The fourth-order valence-corrected chi connectivity index (χ4v) is 1.85. The molecule has 7 nitrogen and oxygen atoms in total. The summed E-state index contributed by atoms with van der Waals surface area (Å²) in [7, 11) is 1.73. The van der Waals surface area contributed by atoms with Crippen LogP contribution in [-0.2, 0) is 28.5 Å². The molecule has 0 amide bonds. The van der Waals surface area contributed by atoms with E-state index in [9.17, 15) is 9.59 Å². The largest absolute Gasteiger partial charge is 0.464 e. The molecular formula is C13H21NO6. The smallest absolute Gasteiger partial charge is 0.338 e. The normalized spacial score (nSPS) is 25.2. The third kappa shape index (κ3) is 4.59. The standard InChI is InChI=1S/C13H21NO6/c1-4-6-18-13(16)12-11(9(14-3)7-19-12)20-8-10(15)17-5-2/h4,9,11-12,14H,1,5-8H2,2-3H3/t9-,11+,12+/m0/s1. The van der Waals surface area contributed by atoms with Crippen molar-refractivity contribution < 1.29 is 28.5 Å². The van der Waals surface area contributed by atoms with Gasteiger partial charge < -0.3 is 24.3 Å². The third-order valence-electron chi connectivity index (χ3n) is 2.80. The van der Waals surface area contributed by atoms with E-state index < -0.39 is 24.1 Å². The van der Waals surface area contributed by atoms with Crippen LogP contribution in [0.25, 0.3) is 0 Å². The van der Waals surface area contributed by atoms with Gasteiger partial charge in [-0.3, -0.25) is 0 Å². The topological polar surface area (TPSA) is 83.1 Å². The van der Waals surface area contributed by atoms with Gasteiger partial charge in [-0.1, -0.05) is 12.7 Å². The lowest BCUT2D eigenvalue weighted by molar-refractivity contribution is -0.163. The minimum Gasteiger partial charge on any atom is -0.464 e. The van der Waals surface area contributed by atoms with Gasteiger partial charge in [-0.15, -0.1) is 0 Å². The number of ether oxygens (including phenoxy) is 4. The third-order valence-corrected chi connectivity index (χ3v) is 2.80. The summed E-state index contributed by atoms with van der Waals surface area (Å²) in [5.74, 6) is -1.01. The summed E-state index contributed by atoms with van der Waals surface area (Å²) in [6, 6.07) is -0.189. The molecule has 1 heterocycles. The highest BCUT2D eigenvalue weighted by atomic mass is 16.6. The van der Waals surface area contributed by atoms with Crippen molar-refractivity contribution in [1.29, 1.82) is 0 Å². The number of hydrogen-bond donors (Lipinski definition) is 1. The van der Waals surface area contributed by atoms with Gasteiger partial charge in [0, 0.05) is 0 Å². The molecule has 1 aliphatic heterocycles. The van der Waals surface area contributed by atoms with Gasteiger partial charge in [0.15, 0.2) is 6.10 Å². The van der Waals surface area contributed by atoms with Gasteiger partial charge in [0.1, 0.15) is 19.3 Å². The number of nitrogens with one attached hydrogen (secondary N) is 1. The number of hydrogen-bond acceptors (Lipinski definition) is 7. The van der Waals surface area contributed by atoms with Crippen molar-refractivity contribution in [1.82, 2.24) is 5.32 Å². The summed E-state index contributed by atoms with van der Waals surface area (Å²) in [4.78, 5) is 23.1. The molecule has 1 fully saturated rings. The van der Waals surface area contributed by atoms with Gasteiger partial charge in [-0.25, -0.2) is 9.59 Å². The first-order valence-corrected chi connectivity index (χ1v) is 6.47. The first-order valence-electron chi connectivity index (χ1n) is 6.47. The van der Waals surface area contributed by atoms with Gasteiger partial charge in [0.25, 0.3) is 0 Å². The Bertz CT molecular complexity index is 346. The van der Waals surface area contributed by atoms with Crippen molar-refractivity contribution in [2.45, 2.75) is 25.2 Å². The second-order valence-corrected chi connectivity index (χ2v) is 4.15. The molecule has 0 saturated carbocycles. The number of carbonyl (C=O) groups is 2. The monoisotopic (exact) mass is 287 g/mol. The van der Waals surface area contributed by atoms with E-state index >= 15 is 0 Å². The van der Waals surface area contributed by atoms with E-state index in [0.717, 1.165) is 0 Å². The van der Waals surface area contributed by atoms with Crippen LogP contribution in [0.2, 0.25) is 0 Å². The Kier molecular flexibility index (Phi) is 7.21. The Morgan fingerprint density at radius 2 is 2.20 bits per heavy atom. The number of esters is 2. The maximum atomic E-state index is 11.8.